The van der Waals surface area contributed by atoms with Crippen LogP contribution in [0.4, 0.5) is 11.4 Å². The maximum atomic E-state index is 3.65. The molecule has 1 atom stereocenters. The summed E-state index contributed by atoms with van der Waals surface area (Å²) in [4.78, 5) is 5.20. The Morgan fingerprint density at radius 1 is 1.00 bits per heavy atom. The molecule has 1 aliphatic heterocycles. The molecular weight excluding hydrogens is 330 g/mol. The fourth-order valence-electron chi connectivity index (χ4n) is 2.52. The normalized spacial score (nSPS) is 14.6. The summed E-state index contributed by atoms with van der Waals surface area (Å²) < 4.78 is 0. The van der Waals surface area contributed by atoms with Gasteiger partial charge in [0.2, 0.25) is 0 Å². The number of benzene rings is 2. The van der Waals surface area contributed by atoms with Crippen LogP contribution in [0.1, 0.15) is 13.3 Å². The van der Waals surface area contributed by atoms with E-state index in [9.17, 15) is 0 Å². The smallest absolute Gasteiger partial charge is 0.0552 e. The van der Waals surface area contributed by atoms with Crippen LogP contribution in [0.25, 0.3) is 0 Å². The minimum Gasteiger partial charge on any atom is -0.339 e. The van der Waals surface area contributed by atoms with Crippen molar-refractivity contribution in [1.29, 1.82) is 0 Å². The van der Waals surface area contributed by atoms with E-state index in [1.54, 1.807) is 0 Å². The molecule has 104 valence electrons. The Balaban J connectivity index is 2.03. The second-order valence-corrected chi connectivity index (χ2v) is 6.81. The third-order valence-corrected chi connectivity index (χ3v) is 5.81. The summed E-state index contributed by atoms with van der Waals surface area (Å²) in [5.74, 6) is 0.666. The lowest BCUT2D eigenvalue weighted by atomic mass is 10.1. The summed E-state index contributed by atoms with van der Waals surface area (Å²) in [5.41, 5.74) is 2.69. The number of hydrogen-bond donors (Lipinski definition) is 0. The number of para-hydroxylation sites is 2. The molecule has 0 aliphatic carbocycles. The van der Waals surface area contributed by atoms with Crippen molar-refractivity contribution in [2.45, 2.75) is 23.1 Å². The standard InChI is InChI=1S/C17H18BrNS/c1-2-13(11-18)12-19-14-7-3-5-9-16(14)20-17-10-6-4-8-15(17)19/h3-10,13H,2,11-12H2,1H3. The molecule has 3 heteroatoms. The van der Waals surface area contributed by atoms with Crippen molar-refractivity contribution < 1.29 is 0 Å². The van der Waals surface area contributed by atoms with Crippen molar-refractivity contribution in [2.24, 2.45) is 5.92 Å². The third-order valence-electron chi connectivity index (χ3n) is 3.77. The SMILES string of the molecule is CCC(CBr)CN1c2ccccc2Sc2ccccc21. The molecule has 1 aliphatic rings. The molecule has 2 aromatic carbocycles. The quantitative estimate of drug-likeness (QED) is 0.651. The van der Waals surface area contributed by atoms with E-state index in [-0.39, 0.29) is 0 Å². The zero-order valence-electron chi connectivity index (χ0n) is 11.6. The van der Waals surface area contributed by atoms with E-state index in [2.05, 4.69) is 76.3 Å². The van der Waals surface area contributed by atoms with Crippen LogP contribution in [0.15, 0.2) is 58.3 Å². The lowest BCUT2D eigenvalue weighted by molar-refractivity contribution is 0.578. The van der Waals surface area contributed by atoms with Crippen LogP contribution >= 0.6 is 27.7 Å². The Hall–Kier alpha value is -0.930. The highest BCUT2D eigenvalue weighted by molar-refractivity contribution is 9.09. The van der Waals surface area contributed by atoms with Gasteiger partial charge >= 0.3 is 0 Å². The van der Waals surface area contributed by atoms with E-state index in [1.165, 1.54) is 27.6 Å². The maximum absolute atomic E-state index is 3.65. The molecule has 0 bridgehead atoms. The summed E-state index contributed by atoms with van der Waals surface area (Å²) in [5, 5.41) is 1.05. The summed E-state index contributed by atoms with van der Waals surface area (Å²) in [6.45, 7) is 3.33. The van der Waals surface area contributed by atoms with Gasteiger partial charge in [-0.3, -0.25) is 0 Å². The number of halogens is 1. The van der Waals surface area contributed by atoms with Gasteiger partial charge in [-0.2, -0.15) is 0 Å². The third kappa shape index (κ3) is 2.61. The molecule has 0 radical (unpaired) electrons. The molecule has 0 spiro atoms. The Bertz CT molecular complexity index is 550. The second-order valence-electron chi connectivity index (χ2n) is 5.08. The fraction of sp³-hybridized carbons (Fsp3) is 0.294. The van der Waals surface area contributed by atoms with E-state index in [0.717, 1.165) is 11.9 Å². The molecule has 20 heavy (non-hydrogen) atoms. The molecular formula is C17H18BrNS. The Labute approximate surface area is 133 Å². The predicted octanol–water partition coefficient (Wildman–Crippen LogP) is 5.71. The van der Waals surface area contributed by atoms with Crippen molar-refractivity contribution in [3.63, 3.8) is 0 Å². The van der Waals surface area contributed by atoms with Gasteiger partial charge in [0.05, 0.1) is 11.4 Å². The summed E-state index contributed by atoms with van der Waals surface area (Å²) in [6.07, 6.45) is 1.19. The van der Waals surface area contributed by atoms with Gasteiger partial charge in [-0.15, -0.1) is 0 Å². The largest absolute Gasteiger partial charge is 0.339 e. The lowest BCUT2D eigenvalue weighted by Gasteiger charge is -2.34. The van der Waals surface area contributed by atoms with Gasteiger partial charge in [0.25, 0.3) is 0 Å². The first-order valence-corrected chi connectivity index (χ1v) is 8.96. The molecule has 2 aromatic rings. The predicted molar refractivity (Wildman–Crippen MR) is 91.6 cm³/mol. The van der Waals surface area contributed by atoms with Crippen molar-refractivity contribution >= 4 is 39.1 Å². The lowest BCUT2D eigenvalue weighted by Crippen LogP contribution is -2.27. The molecule has 0 amide bonds. The Morgan fingerprint density at radius 3 is 2.05 bits per heavy atom. The van der Waals surface area contributed by atoms with Gasteiger partial charge in [0.15, 0.2) is 0 Å². The highest BCUT2D eigenvalue weighted by Gasteiger charge is 2.24. The van der Waals surface area contributed by atoms with E-state index in [0.29, 0.717) is 5.92 Å². The zero-order valence-corrected chi connectivity index (χ0v) is 14.0. The van der Waals surface area contributed by atoms with Crippen molar-refractivity contribution in [2.75, 3.05) is 16.8 Å². The Morgan fingerprint density at radius 2 is 1.55 bits per heavy atom. The molecule has 3 rings (SSSR count). The average Bonchev–Trinajstić information content (AvgIpc) is 2.51. The first-order valence-electron chi connectivity index (χ1n) is 7.03. The fourth-order valence-corrected chi connectivity index (χ4v) is 4.28. The number of fused-ring (bicyclic) bond motifs is 2. The van der Waals surface area contributed by atoms with Gasteiger partial charge in [-0.1, -0.05) is 65.3 Å². The highest BCUT2D eigenvalue weighted by atomic mass is 79.9. The van der Waals surface area contributed by atoms with Crippen LogP contribution < -0.4 is 4.90 Å². The van der Waals surface area contributed by atoms with Gasteiger partial charge in [-0.25, -0.2) is 0 Å². The zero-order chi connectivity index (χ0) is 13.9. The van der Waals surface area contributed by atoms with Gasteiger partial charge in [0.1, 0.15) is 0 Å². The molecule has 0 aromatic heterocycles. The van der Waals surface area contributed by atoms with Crippen molar-refractivity contribution in [1.82, 2.24) is 0 Å². The summed E-state index contributed by atoms with van der Waals surface area (Å²) >= 11 is 5.53. The van der Waals surface area contributed by atoms with Gasteiger partial charge < -0.3 is 4.90 Å². The number of anilines is 2. The average molecular weight is 348 g/mol. The van der Waals surface area contributed by atoms with E-state index < -0.39 is 0 Å². The van der Waals surface area contributed by atoms with Crippen LogP contribution in [0.5, 0.6) is 0 Å². The molecule has 0 saturated carbocycles. The van der Waals surface area contributed by atoms with E-state index >= 15 is 0 Å². The molecule has 1 nitrogen and oxygen atoms in total. The molecule has 0 N–H and O–H groups in total. The number of rotatable bonds is 4. The first kappa shape index (κ1) is 14.0. The molecule has 1 heterocycles. The first-order chi connectivity index (χ1) is 9.83. The van der Waals surface area contributed by atoms with Crippen molar-refractivity contribution in [3.8, 4) is 0 Å². The van der Waals surface area contributed by atoms with E-state index in [4.69, 9.17) is 0 Å². The van der Waals surface area contributed by atoms with Crippen LogP contribution in [-0.2, 0) is 0 Å². The minimum absolute atomic E-state index is 0.666. The molecule has 0 saturated heterocycles. The summed E-state index contributed by atoms with van der Waals surface area (Å²) in [6, 6.07) is 17.4. The molecule has 0 fully saturated rings. The number of nitrogens with zero attached hydrogens (tertiary/aromatic N) is 1. The Kier molecular flexibility index (Phi) is 4.37. The maximum Gasteiger partial charge on any atom is 0.0552 e. The molecule has 1 unspecified atom stereocenters. The summed E-state index contributed by atoms with van der Waals surface area (Å²) in [7, 11) is 0. The minimum atomic E-state index is 0.666. The number of alkyl halides is 1. The van der Waals surface area contributed by atoms with Crippen molar-refractivity contribution in [3.05, 3.63) is 48.5 Å². The second kappa shape index (κ2) is 6.23. The van der Waals surface area contributed by atoms with Crippen LogP contribution in [-0.4, -0.2) is 11.9 Å². The van der Waals surface area contributed by atoms with Crippen LogP contribution in [0.2, 0.25) is 0 Å². The van der Waals surface area contributed by atoms with Gasteiger partial charge in [-0.05, 0) is 30.2 Å². The van der Waals surface area contributed by atoms with E-state index in [1.807, 2.05) is 11.8 Å². The van der Waals surface area contributed by atoms with Gasteiger partial charge in [0, 0.05) is 21.7 Å². The topological polar surface area (TPSA) is 3.24 Å². The van der Waals surface area contributed by atoms with Crippen LogP contribution in [0.3, 0.4) is 0 Å². The highest BCUT2D eigenvalue weighted by Crippen LogP contribution is 2.48. The van der Waals surface area contributed by atoms with Crippen LogP contribution in [0, 0.1) is 5.92 Å². The monoisotopic (exact) mass is 347 g/mol. The number of hydrogen-bond acceptors (Lipinski definition) is 2.